The predicted molar refractivity (Wildman–Crippen MR) is 74.4 cm³/mol. The van der Waals surface area contributed by atoms with Gasteiger partial charge in [0.2, 0.25) is 5.91 Å². The van der Waals surface area contributed by atoms with Crippen LogP contribution in [0.1, 0.15) is 45.4 Å². The molecular weight excluding hydrogens is 224 g/mol. The zero-order valence-corrected chi connectivity index (χ0v) is 11.7. The lowest BCUT2D eigenvalue weighted by Gasteiger charge is -2.30. The lowest BCUT2D eigenvalue weighted by molar-refractivity contribution is -0.134. The van der Waals surface area contributed by atoms with Gasteiger partial charge in [-0.05, 0) is 45.1 Å². The average molecular weight is 250 g/mol. The predicted octanol–water partition coefficient (Wildman–Crippen LogP) is 2.33. The number of amides is 1. The van der Waals surface area contributed by atoms with Gasteiger partial charge in [-0.1, -0.05) is 25.5 Å². The van der Waals surface area contributed by atoms with Crippen molar-refractivity contribution in [2.45, 2.75) is 57.5 Å². The summed E-state index contributed by atoms with van der Waals surface area (Å²) in [6, 6.07) is 0.348. The van der Waals surface area contributed by atoms with Gasteiger partial charge in [-0.25, -0.2) is 0 Å². The molecule has 1 heterocycles. The van der Waals surface area contributed by atoms with Crippen molar-refractivity contribution in [3.8, 4) is 0 Å². The Morgan fingerprint density at radius 1 is 1.33 bits per heavy atom. The molecule has 1 N–H and O–H groups in total. The smallest absolute Gasteiger partial charge is 0.240 e. The number of nitrogens with zero attached hydrogens (tertiary/aromatic N) is 1. The zero-order chi connectivity index (χ0) is 13.0. The van der Waals surface area contributed by atoms with Crippen LogP contribution >= 0.6 is 0 Å². The fraction of sp³-hybridized carbons (Fsp3) is 0.800. The summed E-state index contributed by atoms with van der Waals surface area (Å²) in [7, 11) is 1.90. The molecule has 0 bridgehead atoms. The Hall–Kier alpha value is -0.830. The van der Waals surface area contributed by atoms with Gasteiger partial charge in [-0.15, -0.1) is 0 Å². The van der Waals surface area contributed by atoms with E-state index in [1.165, 1.54) is 19.3 Å². The second-order valence-corrected chi connectivity index (χ2v) is 5.78. The molecule has 3 nitrogen and oxygen atoms in total. The quantitative estimate of drug-likeness (QED) is 0.763. The Labute approximate surface area is 111 Å². The van der Waals surface area contributed by atoms with Crippen molar-refractivity contribution >= 4 is 5.91 Å². The van der Waals surface area contributed by atoms with Crippen LogP contribution in [-0.4, -0.2) is 36.5 Å². The third-order valence-corrected chi connectivity index (χ3v) is 4.31. The standard InChI is InChI=1S/C15H26N2O/c1-12-9-10-17(15(18)14(11-12)16-2)13-7-5-3-4-6-8-13/h5,7,12-14,16H,3-4,6,8-11H2,1-2H3. The van der Waals surface area contributed by atoms with E-state index in [4.69, 9.17) is 0 Å². The zero-order valence-electron chi connectivity index (χ0n) is 11.7. The van der Waals surface area contributed by atoms with Gasteiger partial charge in [0.1, 0.15) is 0 Å². The highest BCUT2D eigenvalue weighted by Crippen LogP contribution is 2.23. The van der Waals surface area contributed by atoms with Gasteiger partial charge in [0.15, 0.2) is 0 Å². The van der Waals surface area contributed by atoms with Crippen molar-refractivity contribution in [1.82, 2.24) is 10.2 Å². The molecule has 0 aromatic heterocycles. The van der Waals surface area contributed by atoms with E-state index in [1.807, 2.05) is 7.05 Å². The fourth-order valence-corrected chi connectivity index (χ4v) is 3.09. The Balaban J connectivity index is 2.11. The van der Waals surface area contributed by atoms with Crippen LogP contribution in [0.4, 0.5) is 0 Å². The van der Waals surface area contributed by atoms with E-state index in [0.29, 0.717) is 17.9 Å². The maximum atomic E-state index is 12.6. The second kappa shape index (κ2) is 6.37. The molecular formula is C15H26N2O. The minimum absolute atomic E-state index is 0.0131. The third kappa shape index (κ3) is 3.14. The monoisotopic (exact) mass is 250 g/mol. The van der Waals surface area contributed by atoms with E-state index in [1.54, 1.807) is 0 Å². The van der Waals surface area contributed by atoms with E-state index < -0.39 is 0 Å². The molecule has 3 unspecified atom stereocenters. The van der Waals surface area contributed by atoms with Crippen LogP contribution in [0.15, 0.2) is 12.2 Å². The number of allylic oxidation sites excluding steroid dienone is 1. The highest BCUT2D eigenvalue weighted by atomic mass is 16.2. The molecule has 0 aromatic rings. The van der Waals surface area contributed by atoms with E-state index in [9.17, 15) is 4.79 Å². The summed E-state index contributed by atoms with van der Waals surface area (Å²) in [6.45, 7) is 3.18. The average Bonchev–Trinajstić information content (AvgIpc) is 2.70. The van der Waals surface area contributed by atoms with Gasteiger partial charge in [0, 0.05) is 6.54 Å². The van der Waals surface area contributed by atoms with Gasteiger partial charge >= 0.3 is 0 Å². The van der Waals surface area contributed by atoms with Gasteiger partial charge in [-0.3, -0.25) is 4.79 Å². The maximum Gasteiger partial charge on any atom is 0.240 e. The molecule has 0 spiro atoms. The van der Waals surface area contributed by atoms with Crippen molar-refractivity contribution in [3.05, 3.63) is 12.2 Å². The molecule has 102 valence electrons. The molecule has 18 heavy (non-hydrogen) atoms. The van der Waals surface area contributed by atoms with Crippen molar-refractivity contribution in [2.24, 2.45) is 5.92 Å². The van der Waals surface area contributed by atoms with Gasteiger partial charge in [0.25, 0.3) is 0 Å². The summed E-state index contributed by atoms with van der Waals surface area (Å²) < 4.78 is 0. The molecule has 3 atom stereocenters. The molecule has 0 radical (unpaired) electrons. The van der Waals surface area contributed by atoms with Crippen LogP contribution in [0, 0.1) is 5.92 Å². The number of likely N-dealkylation sites (tertiary alicyclic amines) is 1. The van der Waals surface area contributed by atoms with Crippen LogP contribution in [0.5, 0.6) is 0 Å². The molecule has 1 fully saturated rings. The SMILES string of the molecule is CNC1CC(C)CCN(C2C=CCCCC2)C1=O. The van der Waals surface area contributed by atoms with Crippen LogP contribution < -0.4 is 5.32 Å². The first kappa shape index (κ1) is 13.6. The normalized spacial score (nSPS) is 34.2. The van der Waals surface area contributed by atoms with Crippen LogP contribution in [0.2, 0.25) is 0 Å². The first-order valence-electron chi connectivity index (χ1n) is 7.36. The van der Waals surface area contributed by atoms with Crippen molar-refractivity contribution in [2.75, 3.05) is 13.6 Å². The van der Waals surface area contributed by atoms with Crippen molar-refractivity contribution in [1.29, 1.82) is 0 Å². The topological polar surface area (TPSA) is 32.3 Å². The molecule has 1 amide bonds. The summed E-state index contributed by atoms with van der Waals surface area (Å²) in [5.74, 6) is 0.935. The summed E-state index contributed by atoms with van der Waals surface area (Å²) >= 11 is 0. The summed E-state index contributed by atoms with van der Waals surface area (Å²) in [5.41, 5.74) is 0. The lowest BCUT2D eigenvalue weighted by Crippen LogP contribution is -2.48. The Morgan fingerprint density at radius 3 is 2.94 bits per heavy atom. The first-order chi connectivity index (χ1) is 8.72. The molecule has 0 saturated carbocycles. The van der Waals surface area contributed by atoms with E-state index in [2.05, 4.69) is 29.3 Å². The maximum absolute atomic E-state index is 12.6. The molecule has 0 aromatic carbocycles. The number of hydrogen-bond donors (Lipinski definition) is 1. The van der Waals surface area contributed by atoms with Crippen LogP contribution in [0.3, 0.4) is 0 Å². The largest absolute Gasteiger partial charge is 0.335 e. The first-order valence-corrected chi connectivity index (χ1v) is 7.36. The number of hydrogen-bond acceptors (Lipinski definition) is 2. The number of rotatable bonds is 2. The van der Waals surface area contributed by atoms with Crippen molar-refractivity contribution in [3.63, 3.8) is 0 Å². The molecule has 3 heteroatoms. The van der Waals surface area contributed by atoms with Crippen LogP contribution in [0.25, 0.3) is 0 Å². The number of carbonyl (C=O) groups is 1. The van der Waals surface area contributed by atoms with Gasteiger partial charge < -0.3 is 10.2 Å². The Bertz CT molecular complexity index is 314. The summed E-state index contributed by atoms with van der Waals surface area (Å²) in [5, 5.41) is 3.19. The second-order valence-electron chi connectivity index (χ2n) is 5.78. The van der Waals surface area contributed by atoms with E-state index in [-0.39, 0.29) is 6.04 Å². The lowest BCUT2D eigenvalue weighted by atomic mass is 10.0. The molecule has 2 aliphatic rings. The number of carbonyl (C=O) groups excluding carboxylic acids is 1. The Morgan fingerprint density at radius 2 is 2.17 bits per heavy atom. The third-order valence-electron chi connectivity index (χ3n) is 4.31. The van der Waals surface area contributed by atoms with Gasteiger partial charge in [0.05, 0.1) is 12.1 Å². The summed E-state index contributed by atoms with van der Waals surface area (Å²) in [6.07, 6.45) is 11.4. The van der Waals surface area contributed by atoms with E-state index in [0.717, 1.165) is 25.8 Å². The molecule has 1 saturated heterocycles. The highest BCUT2D eigenvalue weighted by molar-refractivity contribution is 5.82. The molecule has 2 rings (SSSR count). The number of nitrogens with one attached hydrogen (secondary N) is 1. The minimum atomic E-state index is 0.0131. The van der Waals surface area contributed by atoms with E-state index >= 15 is 0 Å². The minimum Gasteiger partial charge on any atom is -0.335 e. The fourth-order valence-electron chi connectivity index (χ4n) is 3.09. The molecule has 1 aliphatic carbocycles. The highest BCUT2D eigenvalue weighted by Gasteiger charge is 2.31. The summed E-state index contributed by atoms with van der Waals surface area (Å²) in [4.78, 5) is 14.7. The van der Waals surface area contributed by atoms with Crippen LogP contribution in [-0.2, 0) is 4.79 Å². The Kier molecular flexibility index (Phi) is 4.81. The van der Waals surface area contributed by atoms with Crippen molar-refractivity contribution < 1.29 is 4.79 Å². The number of likely N-dealkylation sites (N-methyl/N-ethyl adjacent to an activating group) is 1. The molecule has 1 aliphatic heterocycles. The van der Waals surface area contributed by atoms with Gasteiger partial charge in [-0.2, -0.15) is 0 Å².